The van der Waals surface area contributed by atoms with Crippen LogP contribution < -0.4 is 0 Å². The molecule has 0 aliphatic carbocycles. The maximum Gasteiger partial charge on any atom is 0.0440 e. The first-order valence-electron chi connectivity index (χ1n) is 5.54. The molecular formula is C12H21BrO. The van der Waals surface area contributed by atoms with Gasteiger partial charge < -0.3 is 5.11 Å². The average Bonchev–Trinajstić information content (AvgIpc) is 2.21. The van der Waals surface area contributed by atoms with Crippen molar-refractivity contribution in [3.05, 3.63) is 0 Å². The van der Waals surface area contributed by atoms with E-state index in [1.54, 1.807) is 0 Å². The third-order valence-corrected chi connectivity index (χ3v) is 2.58. The molecule has 0 saturated heterocycles. The van der Waals surface area contributed by atoms with Crippen molar-refractivity contribution in [3.8, 4) is 11.8 Å². The number of aliphatic hydroxyl groups is 1. The Balaban J connectivity index is 2.99. The molecule has 0 rings (SSSR count). The minimum absolute atomic E-state index is 0.265. The van der Waals surface area contributed by atoms with Crippen molar-refractivity contribution < 1.29 is 5.11 Å². The molecule has 0 aromatic carbocycles. The van der Waals surface area contributed by atoms with Gasteiger partial charge in [-0.15, -0.1) is 11.8 Å². The first-order valence-corrected chi connectivity index (χ1v) is 6.66. The lowest BCUT2D eigenvalue weighted by Crippen LogP contribution is -1.80. The molecule has 0 spiro atoms. The van der Waals surface area contributed by atoms with Crippen molar-refractivity contribution in [1.82, 2.24) is 0 Å². The highest BCUT2D eigenvalue weighted by atomic mass is 79.9. The van der Waals surface area contributed by atoms with Crippen molar-refractivity contribution in [2.75, 3.05) is 11.9 Å². The predicted molar refractivity (Wildman–Crippen MR) is 65.6 cm³/mol. The van der Waals surface area contributed by atoms with E-state index >= 15 is 0 Å². The van der Waals surface area contributed by atoms with Crippen LogP contribution in [0.2, 0.25) is 0 Å². The van der Waals surface area contributed by atoms with Gasteiger partial charge in [0.15, 0.2) is 0 Å². The van der Waals surface area contributed by atoms with Gasteiger partial charge in [0.1, 0.15) is 0 Å². The van der Waals surface area contributed by atoms with Gasteiger partial charge in [0.2, 0.25) is 0 Å². The predicted octanol–water partition coefficient (Wildman–Crippen LogP) is 3.50. The summed E-state index contributed by atoms with van der Waals surface area (Å²) in [5.74, 6) is 6.21. The molecule has 0 aliphatic heterocycles. The van der Waals surface area contributed by atoms with Gasteiger partial charge in [-0.1, -0.05) is 35.2 Å². The minimum Gasteiger partial charge on any atom is -0.396 e. The molecule has 0 aliphatic rings. The molecule has 0 aromatic rings. The van der Waals surface area contributed by atoms with Gasteiger partial charge in [0.25, 0.3) is 0 Å². The lowest BCUT2D eigenvalue weighted by molar-refractivity contribution is 0.290. The van der Waals surface area contributed by atoms with E-state index in [0.717, 1.165) is 24.6 Å². The molecule has 1 N–H and O–H groups in total. The first-order chi connectivity index (χ1) is 6.91. The fraction of sp³-hybridized carbons (Fsp3) is 0.833. The molecule has 2 heteroatoms. The van der Waals surface area contributed by atoms with Crippen LogP contribution in [0.3, 0.4) is 0 Å². The molecule has 0 bridgehead atoms. The van der Waals surface area contributed by atoms with Crippen LogP contribution in [0.25, 0.3) is 0 Å². The second kappa shape index (κ2) is 13.0. The molecule has 82 valence electrons. The molecule has 0 heterocycles. The monoisotopic (exact) mass is 260 g/mol. The molecule has 1 nitrogen and oxygen atoms in total. The Morgan fingerprint density at radius 1 is 0.786 bits per heavy atom. The highest BCUT2D eigenvalue weighted by molar-refractivity contribution is 9.09. The minimum atomic E-state index is 0.265. The number of hydrogen-bond donors (Lipinski definition) is 1. The second-order valence-corrected chi connectivity index (χ2v) is 4.18. The average molecular weight is 261 g/mol. The summed E-state index contributed by atoms with van der Waals surface area (Å²) < 4.78 is 0. The Kier molecular flexibility index (Phi) is 13.0. The van der Waals surface area contributed by atoms with E-state index < -0.39 is 0 Å². The third kappa shape index (κ3) is 12.0. The summed E-state index contributed by atoms with van der Waals surface area (Å²) in [6.07, 6.45) is 9.20. The smallest absolute Gasteiger partial charge is 0.0440 e. The highest BCUT2D eigenvalue weighted by Gasteiger charge is 1.88. The van der Waals surface area contributed by atoms with E-state index in [0.29, 0.717) is 0 Å². The fourth-order valence-electron chi connectivity index (χ4n) is 1.18. The van der Waals surface area contributed by atoms with Crippen LogP contribution >= 0.6 is 15.9 Å². The fourth-order valence-corrected chi connectivity index (χ4v) is 1.58. The largest absolute Gasteiger partial charge is 0.396 e. The molecule has 0 fully saturated rings. The molecule has 0 atom stereocenters. The summed E-state index contributed by atoms with van der Waals surface area (Å²) in [6.45, 7) is 0.265. The van der Waals surface area contributed by atoms with Crippen LogP contribution in [0.4, 0.5) is 0 Å². The Bertz CT molecular complexity index is 157. The van der Waals surface area contributed by atoms with Crippen LogP contribution in [0.5, 0.6) is 0 Å². The van der Waals surface area contributed by atoms with Crippen LogP contribution in [-0.4, -0.2) is 17.0 Å². The standard InChI is InChI=1S/C12H21BrO/c13-11-9-7-5-3-1-2-4-6-8-10-12-14/h14H,1-3,5,7-12H2. The van der Waals surface area contributed by atoms with Crippen molar-refractivity contribution in [3.63, 3.8) is 0 Å². The highest BCUT2D eigenvalue weighted by Crippen LogP contribution is 2.05. The quantitative estimate of drug-likeness (QED) is 0.403. The Hall–Kier alpha value is 0. The maximum atomic E-state index is 8.52. The van der Waals surface area contributed by atoms with E-state index in [9.17, 15) is 0 Å². The summed E-state index contributed by atoms with van der Waals surface area (Å²) in [5.41, 5.74) is 0. The molecule has 0 amide bonds. The zero-order valence-corrected chi connectivity index (χ0v) is 10.5. The first kappa shape index (κ1) is 14.0. The number of rotatable bonds is 8. The SMILES string of the molecule is OCCCC#CCCCCCCCBr. The van der Waals surface area contributed by atoms with E-state index in [4.69, 9.17) is 5.11 Å². The number of hydrogen-bond acceptors (Lipinski definition) is 1. The zero-order chi connectivity index (χ0) is 10.5. The van der Waals surface area contributed by atoms with Gasteiger partial charge in [0.05, 0.1) is 0 Å². The lowest BCUT2D eigenvalue weighted by atomic mass is 10.1. The summed E-state index contributed by atoms with van der Waals surface area (Å²) >= 11 is 3.42. The molecule has 0 saturated carbocycles. The molecule has 0 aromatic heterocycles. The van der Waals surface area contributed by atoms with Gasteiger partial charge >= 0.3 is 0 Å². The van der Waals surface area contributed by atoms with Crippen molar-refractivity contribution in [2.45, 2.75) is 51.4 Å². The van der Waals surface area contributed by atoms with E-state index in [2.05, 4.69) is 27.8 Å². The topological polar surface area (TPSA) is 20.2 Å². The summed E-state index contributed by atoms with van der Waals surface area (Å²) in [4.78, 5) is 0. The van der Waals surface area contributed by atoms with E-state index in [1.807, 2.05) is 0 Å². The number of unbranched alkanes of at least 4 members (excludes halogenated alkanes) is 6. The maximum absolute atomic E-state index is 8.52. The van der Waals surface area contributed by atoms with Crippen LogP contribution in [0, 0.1) is 11.8 Å². The van der Waals surface area contributed by atoms with Crippen molar-refractivity contribution in [1.29, 1.82) is 0 Å². The summed E-state index contributed by atoms with van der Waals surface area (Å²) in [5, 5.41) is 9.65. The van der Waals surface area contributed by atoms with Crippen LogP contribution in [-0.2, 0) is 0 Å². The van der Waals surface area contributed by atoms with Gasteiger partial charge in [0, 0.05) is 24.8 Å². The third-order valence-electron chi connectivity index (χ3n) is 2.02. The Morgan fingerprint density at radius 2 is 1.36 bits per heavy atom. The zero-order valence-electron chi connectivity index (χ0n) is 8.90. The van der Waals surface area contributed by atoms with Gasteiger partial charge in [-0.2, -0.15) is 0 Å². The number of alkyl halides is 1. The van der Waals surface area contributed by atoms with Crippen molar-refractivity contribution >= 4 is 15.9 Å². The lowest BCUT2D eigenvalue weighted by Gasteiger charge is -1.95. The normalized spacial score (nSPS) is 9.57. The van der Waals surface area contributed by atoms with Gasteiger partial charge in [-0.25, -0.2) is 0 Å². The molecule has 0 radical (unpaired) electrons. The van der Waals surface area contributed by atoms with Crippen LogP contribution in [0.1, 0.15) is 51.4 Å². The Labute approximate surface area is 96.4 Å². The van der Waals surface area contributed by atoms with E-state index in [1.165, 1.54) is 32.1 Å². The van der Waals surface area contributed by atoms with Gasteiger partial charge in [-0.05, 0) is 19.3 Å². The second-order valence-electron chi connectivity index (χ2n) is 3.39. The molecule has 14 heavy (non-hydrogen) atoms. The number of aliphatic hydroxyl groups excluding tert-OH is 1. The number of halogens is 1. The molecular weight excluding hydrogens is 240 g/mol. The summed E-state index contributed by atoms with van der Waals surface area (Å²) in [6, 6.07) is 0. The van der Waals surface area contributed by atoms with E-state index in [-0.39, 0.29) is 6.61 Å². The Morgan fingerprint density at radius 3 is 2.00 bits per heavy atom. The van der Waals surface area contributed by atoms with Gasteiger partial charge in [-0.3, -0.25) is 0 Å². The molecule has 0 unspecified atom stereocenters. The van der Waals surface area contributed by atoms with Crippen LogP contribution in [0.15, 0.2) is 0 Å². The van der Waals surface area contributed by atoms with Crippen molar-refractivity contribution in [2.24, 2.45) is 0 Å². The summed E-state index contributed by atoms with van der Waals surface area (Å²) in [7, 11) is 0.